The molecule has 1 aromatic carbocycles. The van der Waals surface area contributed by atoms with Gasteiger partial charge in [-0.05, 0) is 58.1 Å². The molecule has 0 saturated carbocycles. The zero-order valence-corrected chi connectivity index (χ0v) is 18.6. The fourth-order valence-corrected chi connectivity index (χ4v) is 3.05. The topological polar surface area (TPSA) is 3.24 Å². The van der Waals surface area contributed by atoms with Crippen LogP contribution in [0.2, 0.25) is 0 Å². The standard InChI is InChI=1S/C17H24BrN.C4H8.C2H6/c1-15-10-11-16-8-4-5-9-17(16)19(14-15)13-7-3-2-6-12-18;1-3-4-2;1-2/h4-5,8-9,14H,2-3,6-7,10-13H2,1H3;3-4H,1-2H3;1-2H3/b;4-3-;. The lowest BCUT2D eigenvalue weighted by molar-refractivity contribution is 0.671. The minimum Gasteiger partial charge on any atom is -0.348 e. The quantitative estimate of drug-likeness (QED) is 0.263. The van der Waals surface area contributed by atoms with E-state index in [4.69, 9.17) is 0 Å². The Balaban J connectivity index is 0.000000845. The number of hydrogen-bond acceptors (Lipinski definition) is 1. The molecule has 0 amide bonds. The minimum atomic E-state index is 1.14. The fourth-order valence-electron chi connectivity index (χ4n) is 2.65. The molecule has 1 aliphatic heterocycles. The number of fused-ring (bicyclic) bond motifs is 1. The van der Waals surface area contributed by atoms with Crippen LogP contribution in [0.1, 0.15) is 72.3 Å². The lowest BCUT2D eigenvalue weighted by Crippen LogP contribution is -2.18. The molecule has 2 rings (SSSR count). The summed E-state index contributed by atoms with van der Waals surface area (Å²) in [6, 6.07) is 8.86. The summed E-state index contributed by atoms with van der Waals surface area (Å²) in [5.41, 5.74) is 4.41. The fraction of sp³-hybridized carbons (Fsp3) is 0.565. The Kier molecular flexibility index (Phi) is 15.8. The molecule has 0 unspecified atom stereocenters. The second-order valence-electron chi connectivity index (χ2n) is 6.07. The molecule has 142 valence electrons. The number of rotatable bonds is 6. The number of alkyl halides is 1. The van der Waals surface area contributed by atoms with Crippen molar-refractivity contribution >= 4 is 21.6 Å². The maximum absolute atomic E-state index is 3.50. The molecular formula is C23H38BrN. The van der Waals surface area contributed by atoms with E-state index in [1.807, 2.05) is 39.8 Å². The van der Waals surface area contributed by atoms with Gasteiger partial charge in [-0.25, -0.2) is 0 Å². The lowest BCUT2D eigenvalue weighted by Gasteiger charge is -2.22. The molecular weight excluding hydrogens is 370 g/mol. The third kappa shape index (κ3) is 10.5. The van der Waals surface area contributed by atoms with Crippen molar-refractivity contribution in [3.8, 4) is 0 Å². The van der Waals surface area contributed by atoms with Gasteiger partial charge in [0.25, 0.3) is 0 Å². The largest absolute Gasteiger partial charge is 0.348 e. The zero-order chi connectivity index (χ0) is 18.9. The van der Waals surface area contributed by atoms with Gasteiger partial charge in [0, 0.05) is 23.8 Å². The van der Waals surface area contributed by atoms with E-state index in [9.17, 15) is 0 Å². The van der Waals surface area contributed by atoms with Crippen LogP contribution in [0.25, 0.3) is 0 Å². The van der Waals surface area contributed by atoms with E-state index >= 15 is 0 Å². The number of benzene rings is 1. The molecule has 0 atom stereocenters. The summed E-state index contributed by atoms with van der Waals surface area (Å²) in [7, 11) is 0. The van der Waals surface area contributed by atoms with E-state index in [1.165, 1.54) is 55.3 Å². The van der Waals surface area contributed by atoms with Gasteiger partial charge < -0.3 is 4.90 Å². The summed E-state index contributed by atoms with van der Waals surface area (Å²) >= 11 is 3.50. The van der Waals surface area contributed by atoms with Gasteiger partial charge in [-0.3, -0.25) is 0 Å². The monoisotopic (exact) mass is 407 g/mol. The van der Waals surface area contributed by atoms with Crippen LogP contribution in [0.3, 0.4) is 0 Å². The van der Waals surface area contributed by atoms with Gasteiger partial charge in [-0.15, -0.1) is 0 Å². The predicted octanol–water partition coefficient (Wildman–Crippen LogP) is 7.91. The Morgan fingerprint density at radius 3 is 2.24 bits per heavy atom. The Morgan fingerprint density at radius 2 is 1.60 bits per heavy atom. The van der Waals surface area contributed by atoms with Gasteiger partial charge in [0.2, 0.25) is 0 Å². The smallest absolute Gasteiger partial charge is 0.0438 e. The summed E-state index contributed by atoms with van der Waals surface area (Å²) in [5, 5.41) is 1.14. The van der Waals surface area contributed by atoms with Crippen molar-refractivity contribution in [2.24, 2.45) is 0 Å². The molecule has 1 aromatic rings. The number of para-hydroxylation sites is 1. The molecule has 25 heavy (non-hydrogen) atoms. The van der Waals surface area contributed by atoms with E-state index in [-0.39, 0.29) is 0 Å². The number of nitrogens with zero attached hydrogens (tertiary/aromatic N) is 1. The molecule has 0 spiro atoms. The van der Waals surface area contributed by atoms with Gasteiger partial charge in [0.15, 0.2) is 0 Å². The molecule has 0 N–H and O–H groups in total. The van der Waals surface area contributed by atoms with E-state index < -0.39 is 0 Å². The Labute approximate surface area is 165 Å². The molecule has 0 aliphatic carbocycles. The number of allylic oxidation sites excluding steroid dienone is 3. The van der Waals surface area contributed by atoms with Crippen LogP contribution in [0.15, 0.2) is 48.2 Å². The average molecular weight is 408 g/mol. The van der Waals surface area contributed by atoms with Gasteiger partial charge in [-0.2, -0.15) is 0 Å². The maximum atomic E-state index is 3.50. The van der Waals surface area contributed by atoms with Gasteiger partial charge >= 0.3 is 0 Å². The van der Waals surface area contributed by atoms with Gasteiger partial charge in [-0.1, -0.05) is 78.5 Å². The van der Waals surface area contributed by atoms with Crippen molar-refractivity contribution in [1.29, 1.82) is 0 Å². The number of halogens is 1. The van der Waals surface area contributed by atoms with Crippen molar-refractivity contribution in [2.45, 2.75) is 73.1 Å². The normalized spacial score (nSPS) is 13.0. The van der Waals surface area contributed by atoms with Crippen LogP contribution >= 0.6 is 15.9 Å². The third-order valence-electron chi connectivity index (χ3n) is 4.08. The molecule has 2 heteroatoms. The number of hydrogen-bond donors (Lipinski definition) is 0. The number of anilines is 1. The van der Waals surface area contributed by atoms with E-state index in [2.05, 4.69) is 58.2 Å². The van der Waals surface area contributed by atoms with E-state index in [0.29, 0.717) is 0 Å². The first-order valence-electron chi connectivity index (χ1n) is 9.88. The van der Waals surface area contributed by atoms with Crippen molar-refractivity contribution in [2.75, 3.05) is 16.8 Å². The van der Waals surface area contributed by atoms with Crippen LogP contribution in [-0.4, -0.2) is 11.9 Å². The Morgan fingerprint density at radius 1 is 0.960 bits per heavy atom. The SMILES string of the molecule is C/C=C\C.CC.CC1=CN(CCCCCCBr)c2ccccc2CC1. The highest BCUT2D eigenvalue weighted by atomic mass is 79.9. The number of unbranched alkanes of at least 4 members (excludes halogenated alkanes) is 3. The van der Waals surface area contributed by atoms with Crippen LogP contribution in [0.5, 0.6) is 0 Å². The predicted molar refractivity (Wildman–Crippen MR) is 120 cm³/mol. The summed E-state index contributed by atoms with van der Waals surface area (Å²) < 4.78 is 0. The van der Waals surface area contributed by atoms with Crippen LogP contribution in [-0.2, 0) is 6.42 Å². The first-order valence-corrected chi connectivity index (χ1v) is 11.0. The summed E-state index contributed by atoms with van der Waals surface area (Å²) in [6.07, 6.45) is 14.0. The molecule has 1 aliphatic rings. The molecule has 0 aromatic heterocycles. The van der Waals surface area contributed by atoms with E-state index in [1.54, 1.807) is 0 Å². The Hall–Kier alpha value is -1.02. The summed E-state index contributed by atoms with van der Waals surface area (Å²) in [4.78, 5) is 2.46. The molecule has 0 radical (unpaired) electrons. The van der Waals surface area contributed by atoms with Crippen LogP contribution in [0.4, 0.5) is 5.69 Å². The third-order valence-corrected chi connectivity index (χ3v) is 4.64. The minimum absolute atomic E-state index is 1.14. The molecule has 0 saturated heterocycles. The second kappa shape index (κ2) is 16.4. The summed E-state index contributed by atoms with van der Waals surface area (Å²) in [5.74, 6) is 0. The van der Waals surface area contributed by atoms with Crippen molar-refractivity contribution < 1.29 is 0 Å². The zero-order valence-electron chi connectivity index (χ0n) is 17.0. The van der Waals surface area contributed by atoms with Crippen LogP contribution < -0.4 is 4.90 Å². The lowest BCUT2D eigenvalue weighted by atomic mass is 10.1. The van der Waals surface area contributed by atoms with Crippen molar-refractivity contribution in [3.05, 3.63) is 53.8 Å². The first-order chi connectivity index (χ1) is 12.2. The average Bonchev–Trinajstić information content (AvgIpc) is 2.82. The van der Waals surface area contributed by atoms with Gasteiger partial charge in [0.05, 0.1) is 0 Å². The van der Waals surface area contributed by atoms with E-state index in [0.717, 1.165) is 11.9 Å². The molecule has 0 bridgehead atoms. The summed E-state index contributed by atoms with van der Waals surface area (Å²) in [6.45, 7) is 11.4. The highest BCUT2D eigenvalue weighted by Gasteiger charge is 2.12. The second-order valence-corrected chi connectivity index (χ2v) is 6.86. The van der Waals surface area contributed by atoms with Crippen molar-refractivity contribution in [1.82, 2.24) is 0 Å². The molecule has 1 nitrogen and oxygen atoms in total. The first kappa shape index (κ1) is 24.0. The molecule has 1 heterocycles. The van der Waals surface area contributed by atoms with Crippen LogP contribution in [0, 0.1) is 0 Å². The Bertz CT molecular complexity index is 487. The highest BCUT2D eigenvalue weighted by Crippen LogP contribution is 2.27. The van der Waals surface area contributed by atoms with Crippen molar-refractivity contribution in [3.63, 3.8) is 0 Å². The maximum Gasteiger partial charge on any atom is 0.0438 e. The molecule has 0 fully saturated rings. The van der Waals surface area contributed by atoms with Gasteiger partial charge in [0.1, 0.15) is 0 Å². The highest BCUT2D eigenvalue weighted by molar-refractivity contribution is 9.09. The number of aryl methyl sites for hydroxylation is 1.